The average molecular weight is 287 g/mol. The van der Waals surface area contributed by atoms with Gasteiger partial charge in [0.25, 0.3) is 0 Å². The zero-order valence-electron chi connectivity index (χ0n) is 11.9. The summed E-state index contributed by atoms with van der Waals surface area (Å²) in [4.78, 5) is 10.5. The van der Waals surface area contributed by atoms with Crippen molar-refractivity contribution < 1.29 is 9.66 Å². The summed E-state index contributed by atoms with van der Waals surface area (Å²) in [5.74, 6) is 0.246. The van der Waals surface area contributed by atoms with Gasteiger partial charge in [-0.15, -0.1) is 0 Å². The van der Waals surface area contributed by atoms with E-state index in [0.29, 0.717) is 11.4 Å². The molecular formula is C15H17N3O3. The SMILES string of the molecule is CC(C)Oc1cc(Nc2ccc(N)cc2)ccc1[N+](=O)[O-]. The summed E-state index contributed by atoms with van der Waals surface area (Å²) in [5.41, 5.74) is 7.80. The molecule has 110 valence electrons. The molecule has 0 atom stereocenters. The van der Waals surface area contributed by atoms with Gasteiger partial charge in [-0.2, -0.15) is 0 Å². The molecule has 0 radical (unpaired) electrons. The van der Waals surface area contributed by atoms with Gasteiger partial charge in [-0.05, 0) is 44.2 Å². The summed E-state index contributed by atoms with van der Waals surface area (Å²) in [6.07, 6.45) is -0.143. The Morgan fingerprint density at radius 2 is 1.76 bits per heavy atom. The number of nitrogens with two attached hydrogens (primary N) is 1. The molecular weight excluding hydrogens is 270 g/mol. The second-order valence-electron chi connectivity index (χ2n) is 4.85. The fourth-order valence-corrected chi connectivity index (χ4v) is 1.82. The van der Waals surface area contributed by atoms with Crippen LogP contribution in [0.2, 0.25) is 0 Å². The molecule has 2 aromatic carbocycles. The van der Waals surface area contributed by atoms with Crippen molar-refractivity contribution in [2.75, 3.05) is 11.1 Å². The highest BCUT2D eigenvalue weighted by Gasteiger charge is 2.16. The summed E-state index contributed by atoms with van der Waals surface area (Å²) in [5, 5.41) is 14.2. The first-order valence-corrected chi connectivity index (χ1v) is 6.53. The van der Waals surface area contributed by atoms with Crippen molar-refractivity contribution in [1.29, 1.82) is 0 Å². The second-order valence-corrected chi connectivity index (χ2v) is 4.85. The van der Waals surface area contributed by atoms with E-state index in [1.54, 1.807) is 24.3 Å². The van der Waals surface area contributed by atoms with Crippen molar-refractivity contribution in [2.45, 2.75) is 20.0 Å². The van der Waals surface area contributed by atoms with E-state index < -0.39 is 4.92 Å². The molecule has 0 aliphatic rings. The lowest BCUT2D eigenvalue weighted by molar-refractivity contribution is -0.386. The minimum absolute atomic E-state index is 0.0495. The molecule has 0 amide bonds. The van der Waals surface area contributed by atoms with E-state index in [4.69, 9.17) is 10.5 Å². The van der Waals surface area contributed by atoms with Gasteiger partial charge >= 0.3 is 5.69 Å². The van der Waals surface area contributed by atoms with Crippen LogP contribution in [0.3, 0.4) is 0 Å². The summed E-state index contributed by atoms with van der Waals surface area (Å²) in [6, 6.07) is 11.9. The Balaban J connectivity index is 2.28. The van der Waals surface area contributed by atoms with Crippen LogP contribution in [-0.4, -0.2) is 11.0 Å². The summed E-state index contributed by atoms with van der Waals surface area (Å²) in [7, 11) is 0. The smallest absolute Gasteiger partial charge is 0.311 e. The highest BCUT2D eigenvalue weighted by molar-refractivity contribution is 5.66. The molecule has 2 rings (SSSR count). The Kier molecular flexibility index (Phi) is 4.27. The predicted molar refractivity (Wildman–Crippen MR) is 83.0 cm³/mol. The third-order valence-electron chi connectivity index (χ3n) is 2.72. The Bertz CT molecular complexity index is 639. The number of benzene rings is 2. The van der Waals surface area contributed by atoms with Crippen LogP contribution < -0.4 is 15.8 Å². The lowest BCUT2D eigenvalue weighted by Gasteiger charge is -2.12. The number of anilines is 3. The van der Waals surface area contributed by atoms with E-state index in [9.17, 15) is 10.1 Å². The van der Waals surface area contributed by atoms with Crippen molar-refractivity contribution in [1.82, 2.24) is 0 Å². The zero-order chi connectivity index (χ0) is 15.4. The minimum atomic E-state index is -0.454. The molecule has 6 heteroatoms. The fraction of sp³-hybridized carbons (Fsp3) is 0.200. The molecule has 21 heavy (non-hydrogen) atoms. The van der Waals surface area contributed by atoms with Crippen LogP contribution >= 0.6 is 0 Å². The van der Waals surface area contributed by atoms with Crippen LogP contribution in [0, 0.1) is 10.1 Å². The molecule has 0 heterocycles. The maximum atomic E-state index is 11.0. The average Bonchev–Trinajstić information content (AvgIpc) is 2.40. The first-order chi connectivity index (χ1) is 9.95. The number of hydrogen-bond donors (Lipinski definition) is 2. The first kappa shape index (κ1) is 14.6. The molecule has 0 saturated heterocycles. The quantitative estimate of drug-likeness (QED) is 0.497. The van der Waals surface area contributed by atoms with E-state index in [-0.39, 0.29) is 17.5 Å². The molecule has 0 unspecified atom stereocenters. The molecule has 2 aromatic rings. The highest BCUT2D eigenvalue weighted by Crippen LogP contribution is 2.32. The minimum Gasteiger partial charge on any atom is -0.484 e. The predicted octanol–water partition coefficient (Wildman–Crippen LogP) is 3.71. The van der Waals surface area contributed by atoms with Gasteiger partial charge in [-0.25, -0.2) is 0 Å². The van der Waals surface area contributed by atoms with Crippen LogP contribution in [0.1, 0.15) is 13.8 Å². The van der Waals surface area contributed by atoms with Crippen molar-refractivity contribution in [3.63, 3.8) is 0 Å². The number of nitrogens with zero attached hydrogens (tertiary/aromatic N) is 1. The van der Waals surface area contributed by atoms with Gasteiger partial charge in [0, 0.05) is 29.2 Å². The molecule has 0 aromatic heterocycles. The van der Waals surface area contributed by atoms with Crippen LogP contribution in [0.5, 0.6) is 5.75 Å². The van der Waals surface area contributed by atoms with E-state index >= 15 is 0 Å². The molecule has 0 fully saturated rings. The van der Waals surface area contributed by atoms with Crippen LogP contribution in [-0.2, 0) is 0 Å². The second kappa shape index (κ2) is 6.13. The van der Waals surface area contributed by atoms with Gasteiger partial charge in [0.05, 0.1) is 11.0 Å². The first-order valence-electron chi connectivity index (χ1n) is 6.53. The largest absolute Gasteiger partial charge is 0.484 e. The van der Waals surface area contributed by atoms with Gasteiger partial charge in [0.15, 0.2) is 5.75 Å². The van der Waals surface area contributed by atoms with E-state index in [2.05, 4.69) is 5.32 Å². The monoisotopic (exact) mass is 287 g/mol. The number of rotatable bonds is 5. The third kappa shape index (κ3) is 3.85. The molecule has 0 bridgehead atoms. The van der Waals surface area contributed by atoms with Gasteiger partial charge in [0.2, 0.25) is 0 Å². The van der Waals surface area contributed by atoms with E-state index in [1.165, 1.54) is 6.07 Å². The number of hydrogen-bond acceptors (Lipinski definition) is 5. The van der Waals surface area contributed by atoms with E-state index in [1.807, 2.05) is 26.0 Å². The topological polar surface area (TPSA) is 90.4 Å². The fourth-order valence-electron chi connectivity index (χ4n) is 1.82. The van der Waals surface area contributed by atoms with Crippen molar-refractivity contribution in [3.05, 3.63) is 52.6 Å². The number of nitrogen functional groups attached to an aromatic ring is 1. The van der Waals surface area contributed by atoms with Gasteiger partial charge in [0.1, 0.15) is 0 Å². The third-order valence-corrected chi connectivity index (χ3v) is 2.72. The molecule has 3 N–H and O–H groups in total. The Labute approximate surface area is 122 Å². The standard InChI is InChI=1S/C15H17N3O3/c1-10(2)21-15-9-13(7-8-14(15)18(19)20)17-12-5-3-11(16)4-6-12/h3-10,17H,16H2,1-2H3. The number of nitro groups is 1. The van der Waals surface area contributed by atoms with E-state index in [0.717, 1.165) is 5.69 Å². The van der Waals surface area contributed by atoms with Crippen molar-refractivity contribution >= 4 is 22.7 Å². The molecule has 0 aliphatic heterocycles. The summed E-state index contributed by atoms with van der Waals surface area (Å²) in [6.45, 7) is 3.65. The maximum Gasteiger partial charge on any atom is 0.311 e. The molecule has 0 spiro atoms. The Hall–Kier alpha value is -2.76. The van der Waals surface area contributed by atoms with Crippen LogP contribution in [0.4, 0.5) is 22.7 Å². The highest BCUT2D eigenvalue weighted by atomic mass is 16.6. The maximum absolute atomic E-state index is 11.0. The number of nitro benzene ring substituents is 1. The van der Waals surface area contributed by atoms with Gasteiger partial charge in [-0.3, -0.25) is 10.1 Å². The van der Waals surface area contributed by atoms with Crippen molar-refractivity contribution in [3.8, 4) is 5.75 Å². The zero-order valence-corrected chi connectivity index (χ0v) is 11.9. The molecule has 0 aliphatic carbocycles. The Morgan fingerprint density at radius 3 is 2.33 bits per heavy atom. The van der Waals surface area contributed by atoms with Gasteiger partial charge < -0.3 is 15.8 Å². The number of nitrogens with one attached hydrogen (secondary N) is 1. The molecule has 6 nitrogen and oxygen atoms in total. The van der Waals surface area contributed by atoms with Crippen LogP contribution in [0.15, 0.2) is 42.5 Å². The lowest BCUT2D eigenvalue weighted by atomic mass is 10.2. The summed E-state index contributed by atoms with van der Waals surface area (Å²) < 4.78 is 5.50. The lowest BCUT2D eigenvalue weighted by Crippen LogP contribution is -2.07. The number of ether oxygens (including phenoxy) is 1. The van der Waals surface area contributed by atoms with Crippen molar-refractivity contribution in [2.24, 2.45) is 0 Å². The normalized spacial score (nSPS) is 10.4. The molecule has 0 saturated carbocycles. The Morgan fingerprint density at radius 1 is 1.14 bits per heavy atom. The van der Waals surface area contributed by atoms with Crippen LogP contribution in [0.25, 0.3) is 0 Å². The summed E-state index contributed by atoms with van der Waals surface area (Å²) >= 11 is 0. The van der Waals surface area contributed by atoms with Gasteiger partial charge in [-0.1, -0.05) is 0 Å².